The lowest BCUT2D eigenvalue weighted by atomic mass is 10.0. The smallest absolute Gasteiger partial charge is 0.310 e. The molecule has 0 spiro atoms. The van der Waals surface area contributed by atoms with Crippen molar-refractivity contribution < 1.29 is 29.3 Å². The molecule has 2 unspecified atom stereocenters. The number of rotatable bonds is 18. The van der Waals surface area contributed by atoms with Crippen LogP contribution < -0.4 is 0 Å². The molecule has 220 valence electrons. The number of aliphatic hydroxyl groups excluding tert-OH is 2. The van der Waals surface area contributed by atoms with Crippen molar-refractivity contribution in [3.63, 3.8) is 0 Å². The summed E-state index contributed by atoms with van der Waals surface area (Å²) in [5, 5.41) is 19.8. The number of aliphatic hydroxyl groups is 2. The average molecular weight is 583 g/mol. The predicted molar refractivity (Wildman–Crippen MR) is 159 cm³/mol. The minimum absolute atomic E-state index is 0.0147. The number of benzene rings is 1. The molecule has 0 radical (unpaired) electrons. The van der Waals surface area contributed by atoms with Crippen LogP contribution in [0.1, 0.15) is 42.4 Å². The SMILES string of the molecule is Cc1ccc(CC(=O)OC(CO)CSCCN2CCCC2)cc1CC(=O)OCC(O)CSCCN1CCCC1. The number of hydrogen-bond acceptors (Lipinski definition) is 10. The number of aryl methyl sites for hydroxylation is 1. The highest BCUT2D eigenvalue weighted by Gasteiger charge is 2.17. The van der Waals surface area contributed by atoms with Crippen LogP contribution in [0.15, 0.2) is 18.2 Å². The van der Waals surface area contributed by atoms with Gasteiger partial charge in [-0.05, 0) is 75.5 Å². The Balaban J connectivity index is 1.33. The zero-order valence-corrected chi connectivity index (χ0v) is 25.0. The molecule has 2 aliphatic rings. The third-order valence-electron chi connectivity index (χ3n) is 7.15. The molecule has 2 N–H and O–H groups in total. The van der Waals surface area contributed by atoms with Crippen LogP contribution in [0.4, 0.5) is 0 Å². The first-order valence-corrected chi connectivity index (χ1v) is 16.6. The summed E-state index contributed by atoms with van der Waals surface area (Å²) in [6, 6.07) is 5.57. The van der Waals surface area contributed by atoms with E-state index in [1.54, 1.807) is 23.5 Å². The molecule has 2 aliphatic heterocycles. The number of carbonyl (C=O) groups is 2. The predicted octanol–water partition coefficient (Wildman–Crippen LogP) is 2.55. The molecule has 0 aliphatic carbocycles. The number of ether oxygens (including phenoxy) is 2. The summed E-state index contributed by atoms with van der Waals surface area (Å²) in [5.41, 5.74) is 2.47. The highest BCUT2D eigenvalue weighted by Crippen LogP contribution is 2.16. The van der Waals surface area contributed by atoms with Crippen LogP contribution in [0.5, 0.6) is 0 Å². The van der Waals surface area contributed by atoms with Crippen LogP contribution in [0.2, 0.25) is 0 Å². The van der Waals surface area contributed by atoms with Crippen LogP contribution in [-0.4, -0.2) is 120 Å². The van der Waals surface area contributed by atoms with Crippen molar-refractivity contribution in [3.05, 3.63) is 34.9 Å². The van der Waals surface area contributed by atoms with Crippen molar-refractivity contribution >= 4 is 35.5 Å². The Labute approximate surface area is 242 Å². The lowest BCUT2D eigenvalue weighted by molar-refractivity contribution is -0.149. The van der Waals surface area contributed by atoms with Gasteiger partial charge in [-0.25, -0.2) is 0 Å². The lowest BCUT2D eigenvalue weighted by Crippen LogP contribution is -2.27. The molecule has 2 fully saturated rings. The van der Waals surface area contributed by atoms with Gasteiger partial charge in [0.05, 0.1) is 25.6 Å². The molecule has 1 aromatic rings. The zero-order valence-electron chi connectivity index (χ0n) is 23.4. The summed E-state index contributed by atoms with van der Waals surface area (Å²) in [4.78, 5) is 29.8. The van der Waals surface area contributed by atoms with Crippen molar-refractivity contribution in [2.75, 3.05) is 75.5 Å². The lowest BCUT2D eigenvalue weighted by Gasteiger charge is -2.17. The molecule has 0 aromatic heterocycles. The summed E-state index contributed by atoms with van der Waals surface area (Å²) in [6.07, 6.45) is 4.04. The highest BCUT2D eigenvalue weighted by atomic mass is 32.2. The fourth-order valence-corrected chi connectivity index (χ4v) is 6.73. The quantitative estimate of drug-likeness (QED) is 0.198. The average Bonchev–Trinajstić information content (AvgIpc) is 3.64. The second-order valence-electron chi connectivity index (χ2n) is 10.5. The first-order chi connectivity index (χ1) is 18.9. The van der Waals surface area contributed by atoms with Gasteiger partial charge in [0.25, 0.3) is 0 Å². The Kier molecular flexibility index (Phi) is 15.0. The van der Waals surface area contributed by atoms with E-state index in [-0.39, 0.29) is 26.1 Å². The number of thioether (sulfide) groups is 2. The third-order valence-corrected chi connectivity index (χ3v) is 9.32. The number of likely N-dealkylation sites (tertiary alicyclic amines) is 2. The fraction of sp³-hybridized carbons (Fsp3) is 0.724. The molecular weight excluding hydrogens is 536 g/mol. The van der Waals surface area contributed by atoms with Crippen LogP contribution in [-0.2, 0) is 31.9 Å². The maximum Gasteiger partial charge on any atom is 0.310 e. The molecule has 0 saturated carbocycles. The zero-order chi connectivity index (χ0) is 27.9. The Morgan fingerprint density at radius 1 is 0.923 bits per heavy atom. The summed E-state index contributed by atoms with van der Waals surface area (Å²) < 4.78 is 10.8. The van der Waals surface area contributed by atoms with Crippen LogP contribution in [0.25, 0.3) is 0 Å². The molecule has 3 rings (SSSR count). The number of carbonyl (C=O) groups excluding carboxylic acids is 2. The van der Waals surface area contributed by atoms with Crippen molar-refractivity contribution in [3.8, 4) is 0 Å². The van der Waals surface area contributed by atoms with Crippen LogP contribution >= 0.6 is 23.5 Å². The number of nitrogens with zero attached hydrogens (tertiary/aromatic N) is 2. The van der Waals surface area contributed by atoms with E-state index in [1.807, 2.05) is 25.1 Å². The van der Waals surface area contributed by atoms with E-state index < -0.39 is 24.1 Å². The van der Waals surface area contributed by atoms with E-state index >= 15 is 0 Å². The van der Waals surface area contributed by atoms with Crippen molar-refractivity contribution in [2.45, 2.75) is 57.7 Å². The Hall–Kier alpha value is -1.30. The topological polar surface area (TPSA) is 99.5 Å². The molecule has 39 heavy (non-hydrogen) atoms. The second-order valence-corrected chi connectivity index (χ2v) is 12.8. The van der Waals surface area contributed by atoms with Crippen molar-refractivity contribution in [1.29, 1.82) is 0 Å². The minimum Gasteiger partial charge on any atom is -0.463 e. The van der Waals surface area contributed by atoms with Gasteiger partial charge in [0.1, 0.15) is 12.7 Å². The Bertz CT molecular complexity index is 877. The molecule has 10 heteroatoms. The van der Waals surface area contributed by atoms with Crippen molar-refractivity contribution in [2.24, 2.45) is 0 Å². The normalized spacial score (nSPS) is 17.8. The van der Waals surface area contributed by atoms with E-state index in [0.717, 1.165) is 54.4 Å². The van der Waals surface area contributed by atoms with E-state index in [4.69, 9.17) is 9.47 Å². The standard InChI is InChI=1S/C29H46N2O6S2/c1-23-6-7-24(17-29(35)37-27(19-32)22-39-15-13-31-10-4-5-11-31)16-25(23)18-28(34)36-20-26(33)21-38-14-12-30-8-2-3-9-30/h6-7,16,26-27,32-33H,2-5,8-15,17-22H2,1H3. The molecule has 2 atom stereocenters. The van der Waals surface area contributed by atoms with Gasteiger partial charge in [-0.15, -0.1) is 0 Å². The monoisotopic (exact) mass is 582 g/mol. The van der Waals surface area contributed by atoms with Gasteiger partial charge in [0, 0.05) is 36.1 Å². The van der Waals surface area contributed by atoms with E-state index in [1.165, 1.54) is 38.8 Å². The summed E-state index contributed by atoms with van der Waals surface area (Å²) in [6.45, 7) is 8.44. The summed E-state index contributed by atoms with van der Waals surface area (Å²) in [5.74, 6) is 2.26. The first kappa shape index (κ1) is 32.2. The largest absolute Gasteiger partial charge is 0.463 e. The van der Waals surface area contributed by atoms with Gasteiger partial charge in [-0.2, -0.15) is 23.5 Å². The third kappa shape index (κ3) is 12.8. The molecule has 2 saturated heterocycles. The molecule has 2 heterocycles. The molecule has 0 bridgehead atoms. The molecule has 1 aromatic carbocycles. The van der Waals surface area contributed by atoms with Gasteiger partial charge in [-0.3, -0.25) is 9.59 Å². The van der Waals surface area contributed by atoms with Gasteiger partial charge in [-0.1, -0.05) is 18.2 Å². The van der Waals surface area contributed by atoms with Gasteiger partial charge < -0.3 is 29.5 Å². The fourth-order valence-electron chi connectivity index (χ4n) is 4.82. The van der Waals surface area contributed by atoms with Crippen LogP contribution in [0, 0.1) is 6.92 Å². The molecule has 8 nitrogen and oxygen atoms in total. The maximum atomic E-state index is 12.5. The molecular formula is C29H46N2O6S2. The van der Waals surface area contributed by atoms with E-state index in [0.29, 0.717) is 11.5 Å². The number of esters is 2. The highest BCUT2D eigenvalue weighted by molar-refractivity contribution is 7.99. The van der Waals surface area contributed by atoms with E-state index in [2.05, 4.69) is 9.80 Å². The van der Waals surface area contributed by atoms with E-state index in [9.17, 15) is 19.8 Å². The maximum absolute atomic E-state index is 12.5. The minimum atomic E-state index is -0.683. The number of hydrogen-bond donors (Lipinski definition) is 2. The van der Waals surface area contributed by atoms with Gasteiger partial charge in [0.2, 0.25) is 0 Å². The van der Waals surface area contributed by atoms with Crippen LogP contribution in [0.3, 0.4) is 0 Å². The molecule has 0 amide bonds. The Morgan fingerprint density at radius 2 is 1.54 bits per heavy atom. The first-order valence-electron chi connectivity index (χ1n) is 14.3. The van der Waals surface area contributed by atoms with Gasteiger partial charge in [0.15, 0.2) is 0 Å². The van der Waals surface area contributed by atoms with Gasteiger partial charge >= 0.3 is 11.9 Å². The Morgan fingerprint density at radius 3 is 2.15 bits per heavy atom. The van der Waals surface area contributed by atoms with Crippen molar-refractivity contribution in [1.82, 2.24) is 9.80 Å². The second kappa shape index (κ2) is 18.2. The summed E-state index contributed by atoms with van der Waals surface area (Å²) in [7, 11) is 0. The summed E-state index contributed by atoms with van der Waals surface area (Å²) >= 11 is 3.38.